The lowest BCUT2D eigenvalue weighted by Crippen LogP contribution is -2.23. The molecule has 1 N–H and O–H groups in total. The van der Waals surface area contributed by atoms with Crippen LogP contribution in [0.25, 0.3) is 0 Å². The highest BCUT2D eigenvalue weighted by molar-refractivity contribution is 8.14. The normalized spacial score (nSPS) is 11.3. The molecule has 1 unspecified atom stereocenters. The van der Waals surface area contributed by atoms with Crippen LogP contribution < -0.4 is 5.32 Å². The molecule has 1 amide bonds. The van der Waals surface area contributed by atoms with Gasteiger partial charge in [0.25, 0.3) is 0 Å². The van der Waals surface area contributed by atoms with E-state index in [1.165, 1.54) is 12.2 Å². The van der Waals surface area contributed by atoms with Crippen LogP contribution in [0.15, 0.2) is 25.3 Å². The lowest BCUT2D eigenvalue weighted by Gasteiger charge is -2.07. The van der Waals surface area contributed by atoms with Crippen molar-refractivity contribution in [2.45, 2.75) is 11.8 Å². The third kappa shape index (κ3) is 4.73. The molecule has 0 saturated heterocycles. The summed E-state index contributed by atoms with van der Waals surface area (Å²) in [4.78, 5) is 21.0. The zero-order valence-corrected chi connectivity index (χ0v) is 7.47. The molecular formula is C8H11NO2S. The van der Waals surface area contributed by atoms with Crippen molar-refractivity contribution in [1.82, 2.24) is 5.32 Å². The van der Waals surface area contributed by atoms with Crippen molar-refractivity contribution in [2.24, 2.45) is 0 Å². The van der Waals surface area contributed by atoms with E-state index in [1.54, 1.807) is 0 Å². The predicted molar refractivity (Wildman–Crippen MR) is 50.6 cm³/mol. The van der Waals surface area contributed by atoms with Gasteiger partial charge < -0.3 is 5.32 Å². The lowest BCUT2D eigenvalue weighted by atomic mass is 10.5. The van der Waals surface area contributed by atoms with Crippen LogP contribution in [0, 0.1) is 0 Å². The molecule has 12 heavy (non-hydrogen) atoms. The van der Waals surface area contributed by atoms with E-state index in [0.29, 0.717) is 12.8 Å². The molecule has 0 radical (unpaired) electrons. The van der Waals surface area contributed by atoms with Crippen LogP contribution in [-0.2, 0) is 9.59 Å². The number of hydrogen-bond donors (Lipinski definition) is 1. The molecule has 0 aliphatic heterocycles. The smallest absolute Gasteiger partial charge is 0.208 e. The Balaban J connectivity index is 3.83. The Hall–Kier alpha value is -1.03. The van der Waals surface area contributed by atoms with E-state index in [2.05, 4.69) is 18.5 Å². The Morgan fingerprint density at radius 1 is 1.58 bits per heavy atom. The highest BCUT2D eigenvalue weighted by Gasteiger charge is 2.07. The fourth-order valence-electron chi connectivity index (χ4n) is 0.525. The quantitative estimate of drug-likeness (QED) is 0.382. The maximum atomic E-state index is 11.0. The minimum atomic E-state index is -0.338. The second-order valence-electron chi connectivity index (χ2n) is 1.92. The summed E-state index contributed by atoms with van der Waals surface area (Å²) in [6.45, 7) is 6.90. The molecule has 0 aliphatic carbocycles. The van der Waals surface area contributed by atoms with Gasteiger partial charge in [0.1, 0.15) is 5.37 Å². The van der Waals surface area contributed by atoms with Gasteiger partial charge in [-0.3, -0.25) is 9.59 Å². The van der Waals surface area contributed by atoms with Crippen LogP contribution in [0.5, 0.6) is 0 Å². The van der Waals surface area contributed by atoms with Crippen molar-refractivity contribution in [2.75, 3.05) is 0 Å². The Bertz CT molecular complexity index is 191. The van der Waals surface area contributed by atoms with E-state index >= 15 is 0 Å². The summed E-state index contributed by atoms with van der Waals surface area (Å²) >= 11 is 1.02. The maximum absolute atomic E-state index is 11.0. The number of carbonyl (C=O) groups is 2. The highest BCUT2D eigenvalue weighted by Crippen LogP contribution is 2.11. The third-order valence-corrected chi connectivity index (χ3v) is 2.03. The fourth-order valence-corrected chi connectivity index (χ4v) is 1.24. The molecule has 66 valence electrons. The maximum Gasteiger partial charge on any atom is 0.208 e. The summed E-state index contributed by atoms with van der Waals surface area (Å²) < 4.78 is 0. The van der Waals surface area contributed by atoms with Gasteiger partial charge in [-0.2, -0.15) is 0 Å². The van der Waals surface area contributed by atoms with Crippen LogP contribution in [0.1, 0.15) is 6.42 Å². The average molecular weight is 185 g/mol. The molecule has 0 spiro atoms. The number of hydrogen-bond acceptors (Lipinski definition) is 3. The number of carbonyl (C=O) groups excluding carboxylic acids is 2. The molecule has 0 heterocycles. The molecule has 0 rings (SSSR count). The number of thioether (sulfide) groups is 1. The molecule has 0 aromatic carbocycles. The Kier molecular flexibility index (Phi) is 6.09. The van der Waals surface area contributed by atoms with Gasteiger partial charge in [-0.05, 0) is 0 Å². The first kappa shape index (κ1) is 11.0. The van der Waals surface area contributed by atoms with Crippen molar-refractivity contribution in [3.8, 4) is 0 Å². The van der Waals surface area contributed by atoms with Gasteiger partial charge in [0.05, 0.1) is 0 Å². The summed E-state index contributed by atoms with van der Waals surface area (Å²) in [6.07, 6.45) is 3.87. The molecule has 0 aromatic rings. The minimum absolute atomic E-state index is 0.0377. The van der Waals surface area contributed by atoms with Crippen molar-refractivity contribution < 1.29 is 9.59 Å². The van der Waals surface area contributed by atoms with Crippen molar-refractivity contribution in [1.29, 1.82) is 0 Å². The monoisotopic (exact) mass is 185 g/mol. The highest BCUT2D eigenvalue weighted by atomic mass is 32.2. The van der Waals surface area contributed by atoms with Crippen LogP contribution >= 0.6 is 11.8 Å². The molecule has 1 atom stereocenters. The first-order chi connectivity index (χ1) is 5.74. The van der Waals surface area contributed by atoms with Crippen LogP contribution in [0.4, 0.5) is 0 Å². The molecule has 0 aliphatic rings. The summed E-state index contributed by atoms with van der Waals surface area (Å²) in [5.74, 6) is 0. The topological polar surface area (TPSA) is 46.2 Å². The van der Waals surface area contributed by atoms with Crippen LogP contribution in [0.2, 0.25) is 0 Å². The van der Waals surface area contributed by atoms with Crippen molar-refractivity contribution >= 4 is 23.3 Å². The first-order valence-electron chi connectivity index (χ1n) is 3.37. The van der Waals surface area contributed by atoms with Gasteiger partial charge in [-0.15, -0.1) is 13.2 Å². The SMILES string of the molecule is C=CCC(=O)SC(C=C)NC=O. The van der Waals surface area contributed by atoms with Crippen molar-refractivity contribution in [3.63, 3.8) is 0 Å². The molecule has 0 fully saturated rings. The average Bonchev–Trinajstić information content (AvgIpc) is 2.04. The predicted octanol–water partition coefficient (Wildman–Crippen LogP) is 1.08. The molecule has 4 heteroatoms. The number of nitrogens with one attached hydrogen (secondary N) is 1. The summed E-state index contributed by atoms with van der Waals surface area (Å²) in [6, 6.07) is 0. The summed E-state index contributed by atoms with van der Waals surface area (Å²) in [5.41, 5.74) is 0. The van der Waals surface area contributed by atoms with Gasteiger partial charge in [-0.25, -0.2) is 0 Å². The Labute approximate surface area is 75.9 Å². The van der Waals surface area contributed by atoms with Gasteiger partial charge >= 0.3 is 0 Å². The molecule has 0 aromatic heterocycles. The summed E-state index contributed by atoms with van der Waals surface area (Å²) in [7, 11) is 0. The van der Waals surface area contributed by atoms with E-state index in [1.807, 2.05) is 0 Å². The van der Waals surface area contributed by atoms with Gasteiger partial charge in [0, 0.05) is 6.42 Å². The number of allylic oxidation sites excluding steroid dienone is 1. The first-order valence-corrected chi connectivity index (χ1v) is 4.25. The van der Waals surface area contributed by atoms with E-state index in [0.717, 1.165) is 11.8 Å². The van der Waals surface area contributed by atoms with Crippen LogP contribution in [-0.4, -0.2) is 16.9 Å². The van der Waals surface area contributed by atoms with E-state index < -0.39 is 0 Å². The van der Waals surface area contributed by atoms with E-state index in [4.69, 9.17) is 0 Å². The lowest BCUT2D eigenvalue weighted by molar-refractivity contribution is -0.110. The number of amides is 1. The van der Waals surface area contributed by atoms with Crippen LogP contribution in [0.3, 0.4) is 0 Å². The van der Waals surface area contributed by atoms with Crippen molar-refractivity contribution in [3.05, 3.63) is 25.3 Å². The van der Waals surface area contributed by atoms with Gasteiger partial charge in [-0.1, -0.05) is 23.9 Å². The minimum Gasteiger partial charge on any atom is -0.343 e. The fraction of sp³-hybridized carbons (Fsp3) is 0.250. The number of rotatable bonds is 6. The second kappa shape index (κ2) is 6.67. The summed E-state index contributed by atoms with van der Waals surface area (Å²) in [5, 5.41) is 2.06. The molecule has 0 saturated carbocycles. The van der Waals surface area contributed by atoms with Gasteiger partial charge in [0.2, 0.25) is 6.41 Å². The zero-order chi connectivity index (χ0) is 9.40. The largest absolute Gasteiger partial charge is 0.343 e. The Morgan fingerprint density at radius 2 is 2.25 bits per heavy atom. The zero-order valence-electron chi connectivity index (χ0n) is 6.66. The molecule has 0 bridgehead atoms. The standard InChI is InChI=1S/C8H11NO2S/c1-3-5-8(11)12-7(4-2)9-6-10/h3-4,6-7H,1-2,5H2,(H,9,10). The van der Waals surface area contributed by atoms with E-state index in [-0.39, 0.29) is 10.5 Å². The molecular weight excluding hydrogens is 174 g/mol. The molecule has 3 nitrogen and oxygen atoms in total. The third-order valence-electron chi connectivity index (χ3n) is 1.02. The Morgan fingerprint density at radius 3 is 2.67 bits per heavy atom. The van der Waals surface area contributed by atoms with Gasteiger partial charge in [0.15, 0.2) is 5.12 Å². The van der Waals surface area contributed by atoms with E-state index in [9.17, 15) is 9.59 Å². The second-order valence-corrected chi connectivity index (χ2v) is 3.12.